The third kappa shape index (κ3) is 1.90. The Balaban J connectivity index is 0.000000980. The van der Waals surface area contributed by atoms with Crippen LogP contribution in [0.15, 0.2) is 39.6 Å². The summed E-state index contributed by atoms with van der Waals surface area (Å²) in [5.74, 6) is 0. The molecule has 4 heteroatoms. The van der Waals surface area contributed by atoms with Crippen LogP contribution in [0.1, 0.15) is 13.3 Å². The van der Waals surface area contributed by atoms with E-state index in [9.17, 15) is 4.21 Å². The molecule has 1 aromatic rings. The van der Waals surface area contributed by atoms with Gasteiger partial charge in [0.1, 0.15) is 0 Å². The fourth-order valence-corrected chi connectivity index (χ4v) is 3.48. The van der Waals surface area contributed by atoms with Crippen LogP contribution in [0.2, 0.25) is 0 Å². The number of rotatable bonds is 1. The van der Waals surface area contributed by atoms with Crippen LogP contribution in [-0.4, -0.2) is 10.8 Å². The van der Waals surface area contributed by atoms with E-state index in [0.717, 1.165) is 16.6 Å². The van der Waals surface area contributed by atoms with Gasteiger partial charge in [-0.1, -0.05) is 27.9 Å². The summed E-state index contributed by atoms with van der Waals surface area (Å²) in [6.07, 6.45) is 0.869. The molecule has 0 fully saturated rings. The molecule has 0 spiro atoms. The minimum atomic E-state index is -2.17. The van der Waals surface area contributed by atoms with Gasteiger partial charge in [0, 0.05) is 11.4 Å². The number of nitrogens with zero attached hydrogens (tertiary/aromatic N) is 1. The summed E-state index contributed by atoms with van der Waals surface area (Å²) in [6.45, 7) is 2.64. The largest absolute Gasteiger partial charge is 1.00 e. The summed E-state index contributed by atoms with van der Waals surface area (Å²) in [4.78, 5) is 0.852. The van der Waals surface area contributed by atoms with Gasteiger partial charge >= 0.3 is 18.9 Å². The Labute approximate surface area is 97.5 Å². The van der Waals surface area contributed by atoms with Crippen molar-refractivity contribution in [1.29, 1.82) is 0 Å². The second-order valence-corrected chi connectivity index (χ2v) is 5.62. The van der Waals surface area contributed by atoms with E-state index in [0.29, 0.717) is 6.54 Å². The fourth-order valence-electron chi connectivity index (χ4n) is 1.46. The molecule has 0 saturated heterocycles. The molecule has 14 heavy (non-hydrogen) atoms. The Morgan fingerprint density at radius 1 is 1.36 bits per heavy atom. The predicted octanol–water partition coefficient (Wildman–Crippen LogP) is -0.527. The van der Waals surface area contributed by atoms with Gasteiger partial charge in [-0.3, -0.25) is 8.57 Å². The van der Waals surface area contributed by atoms with E-state index in [2.05, 4.69) is 4.36 Å². The predicted molar refractivity (Wildman–Crippen MR) is 53.7 cm³/mol. The van der Waals surface area contributed by atoms with Gasteiger partial charge in [0.15, 0.2) is 0 Å². The van der Waals surface area contributed by atoms with E-state index in [4.69, 9.17) is 0 Å². The SMILES string of the molecule is C[C-]1CCN=[S@@]1(=O)c1ccccc1.[Li+]. The van der Waals surface area contributed by atoms with Gasteiger partial charge in [-0.25, -0.2) is 5.25 Å². The molecular weight excluding hydrogens is 189 g/mol. The first-order valence-electron chi connectivity index (χ1n) is 4.34. The monoisotopic (exact) mass is 201 g/mol. The molecule has 0 amide bonds. The van der Waals surface area contributed by atoms with Crippen LogP contribution in [0.5, 0.6) is 0 Å². The quantitative estimate of drug-likeness (QED) is 0.444. The van der Waals surface area contributed by atoms with Crippen LogP contribution < -0.4 is 18.9 Å². The normalized spacial score (nSPS) is 26.6. The molecule has 1 aliphatic rings. The topological polar surface area (TPSA) is 29.4 Å². The molecule has 1 aliphatic heterocycles. The van der Waals surface area contributed by atoms with Crippen molar-refractivity contribution in [1.82, 2.24) is 0 Å². The van der Waals surface area contributed by atoms with Crippen LogP contribution in [0, 0.1) is 5.25 Å². The molecule has 0 saturated carbocycles. The number of hydrogen-bond acceptors (Lipinski definition) is 2. The van der Waals surface area contributed by atoms with Gasteiger partial charge in [0.25, 0.3) is 0 Å². The molecule has 1 aromatic carbocycles. The Bertz CT molecular complexity index is 409. The second-order valence-electron chi connectivity index (χ2n) is 3.14. The van der Waals surface area contributed by atoms with Crippen LogP contribution in [-0.2, 0) is 9.73 Å². The van der Waals surface area contributed by atoms with Crippen molar-refractivity contribution in [2.45, 2.75) is 18.2 Å². The first-order valence-corrected chi connectivity index (χ1v) is 5.85. The molecule has 0 unspecified atom stereocenters. The molecule has 2 nitrogen and oxygen atoms in total. The Morgan fingerprint density at radius 3 is 2.50 bits per heavy atom. The summed E-state index contributed by atoms with van der Waals surface area (Å²) >= 11 is 0. The zero-order chi connectivity index (χ0) is 9.31. The Hall–Kier alpha value is -0.233. The van der Waals surface area contributed by atoms with E-state index < -0.39 is 9.73 Å². The minimum absolute atomic E-state index is 0. The smallest absolute Gasteiger partial charge is 0.278 e. The first-order chi connectivity index (χ1) is 6.23. The molecule has 0 N–H and O–H groups in total. The summed E-state index contributed by atoms with van der Waals surface area (Å²) < 4.78 is 16.5. The molecule has 0 bridgehead atoms. The van der Waals surface area contributed by atoms with E-state index in [-0.39, 0.29) is 18.9 Å². The van der Waals surface area contributed by atoms with E-state index in [1.54, 1.807) is 0 Å². The van der Waals surface area contributed by atoms with Gasteiger partial charge < -0.3 is 0 Å². The molecule has 0 radical (unpaired) electrons. The maximum atomic E-state index is 12.3. The van der Waals surface area contributed by atoms with Crippen LogP contribution in [0.25, 0.3) is 0 Å². The third-order valence-electron chi connectivity index (χ3n) is 2.27. The van der Waals surface area contributed by atoms with Crippen molar-refractivity contribution in [2.75, 3.05) is 6.54 Å². The second kappa shape index (κ2) is 4.52. The van der Waals surface area contributed by atoms with Crippen molar-refractivity contribution in [2.24, 2.45) is 4.36 Å². The van der Waals surface area contributed by atoms with Crippen molar-refractivity contribution < 1.29 is 23.1 Å². The summed E-state index contributed by atoms with van der Waals surface area (Å²) in [7, 11) is -2.17. The minimum Gasteiger partial charge on any atom is -0.278 e. The molecular formula is C10H12LiNOS. The molecule has 0 aromatic heterocycles. The third-order valence-corrected chi connectivity index (χ3v) is 4.88. The van der Waals surface area contributed by atoms with Crippen LogP contribution in [0.3, 0.4) is 0 Å². The first kappa shape index (κ1) is 11.8. The van der Waals surface area contributed by atoms with Gasteiger partial charge in [-0.05, 0) is 12.1 Å². The molecule has 0 aliphatic carbocycles. The fraction of sp³-hybridized carbons (Fsp3) is 0.300. The zero-order valence-corrected chi connectivity index (χ0v) is 9.38. The maximum Gasteiger partial charge on any atom is 1.00 e. The van der Waals surface area contributed by atoms with E-state index in [1.807, 2.05) is 37.3 Å². The maximum absolute atomic E-state index is 12.3. The standard InChI is InChI=1S/C10H12NOS.Li/c1-9-7-8-11-13(9,12)10-5-3-2-4-6-10;/h2-6H,7-8H2,1H3;/q-1;+1/t13-;/m0./s1. The Kier molecular flexibility index (Phi) is 3.83. The average molecular weight is 201 g/mol. The van der Waals surface area contributed by atoms with Crippen LogP contribution >= 0.6 is 0 Å². The van der Waals surface area contributed by atoms with E-state index >= 15 is 0 Å². The summed E-state index contributed by atoms with van der Waals surface area (Å²) in [5.41, 5.74) is 0. The summed E-state index contributed by atoms with van der Waals surface area (Å²) in [5, 5.41) is 1.01. The molecule has 70 valence electrons. The van der Waals surface area contributed by atoms with Crippen molar-refractivity contribution in [3.63, 3.8) is 0 Å². The van der Waals surface area contributed by atoms with E-state index in [1.165, 1.54) is 0 Å². The average Bonchev–Trinajstić information content (AvgIpc) is 2.50. The molecule has 2 rings (SSSR count). The van der Waals surface area contributed by atoms with Crippen molar-refractivity contribution in [3.05, 3.63) is 35.6 Å². The Morgan fingerprint density at radius 2 is 2.00 bits per heavy atom. The zero-order valence-electron chi connectivity index (χ0n) is 8.56. The molecule has 1 heterocycles. The number of hydrogen-bond donors (Lipinski definition) is 0. The number of benzene rings is 1. The van der Waals surface area contributed by atoms with Gasteiger partial charge in [0.05, 0.1) is 0 Å². The van der Waals surface area contributed by atoms with Crippen molar-refractivity contribution >= 4 is 9.73 Å². The molecule has 1 atom stereocenters. The van der Waals surface area contributed by atoms with Crippen LogP contribution in [0.4, 0.5) is 0 Å². The van der Waals surface area contributed by atoms with Gasteiger partial charge in [-0.15, -0.1) is 6.42 Å². The van der Waals surface area contributed by atoms with Gasteiger partial charge in [-0.2, -0.15) is 6.92 Å². The summed E-state index contributed by atoms with van der Waals surface area (Å²) in [6, 6.07) is 9.52. The van der Waals surface area contributed by atoms with Gasteiger partial charge in [0.2, 0.25) is 0 Å². The van der Waals surface area contributed by atoms with Crippen molar-refractivity contribution in [3.8, 4) is 0 Å².